The first kappa shape index (κ1) is 13.7. The number of amides is 1. The molecule has 0 saturated heterocycles. The van der Waals surface area contributed by atoms with Gasteiger partial charge < -0.3 is 14.8 Å². The van der Waals surface area contributed by atoms with Crippen LogP contribution in [-0.2, 0) is 0 Å². The second-order valence-corrected chi connectivity index (χ2v) is 4.50. The maximum Gasteiger partial charge on any atom is 0.251 e. The van der Waals surface area contributed by atoms with Crippen LogP contribution in [0.2, 0.25) is 5.02 Å². The second kappa shape index (κ2) is 6.48. The van der Waals surface area contributed by atoms with Gasteiger partial charge in [0.1, 0.15) is 13.2 Å². The Morgan fingerprint density at radius 1 is 1.42 bits per heavy atom. The lowest BCUT2D eigenvalue weighted by molar-refractivity contribution is 0.0953. The number of rotatable bonds is 4. The highest BCUT2D eigenvalue weighted by Crippen LogP contribution is 2.38. The van der Waals surface area contributed by atoms with E-state index < -0.39 is 0 Å². The van der Waals surface area contributed by atoms with Crippen LogP contribution >= 0.6 is 11.6 Å². The molecule has 1 aliphatic rings. The number of halogens is 1. The molecule has 2 rings (SSSR count). The average Bonchev–Trinajstić information content (AvgIpc) is 2.43. The molecule has 1 amide bonds. The van der Waals surface area contributed by atoms with Gasteiger partial charge in [-0.1, -0.05) is 23.8 Å². The number of fused-ring (bicyclic) bond motifs is 1. The van der Waals surface area contributed by atoms with Gasteiger partial charge in [-0.15, -0.1) is 0 Å². The van der Waals surface area contributed by atoms with E-state index in [0.717, 1.165) is 6.42 Å². The average molecular weight is 282 g/mol. The zero-order chi connectivity index (χ0) is 13.7. The molecule has 1 aliphatic heterocycles. The van der Waals surface area contributed by atoms with Gasteiger partial charge in [0.25, 0.3) is 5.91 Å². The summed E-state index contributed by atoms with van der Waals surface area (Å²) in [4.78, 5) is 12.0. The van der Waals surface area contributed by atoms with Gasteiger partial charge in [0.05, 0.1) is 5.02 Å². The second-order valence-electron chi connectivity index (χ2n) is 4.10. The lowest BCUT2D eigenvalue weighted by atomic mass is 10.1. The van der Waals surface area contributed by atoms with Crippen LogP contribution in [0.25, 0.3) is 0 Å². The van der Waals surface area contributed by atoms with E-state index in [2.05, 4.69) is 5.32 Å². The number of carbonyl (C=O) groups is 1. The Hall–Kier alpha value is -1.68. The van der Waals surface area contributed by atoms with Gasteiger partial charge in [0, 0.05) is 12.1 Å². The molecule has 1 heterocycles. The summed E-state index contributed by atoms with van der Waals surface area (Å²) >= 11 is 6.08. The zero-order valence-electron chi connectivity index (χ0n) is 10.7. The first-order chi connectivity index (χ1) is 9.22. The van der Waals surface area contributed by atoms with Crippen LogP contribution in [0.4, 0.5) is 0 Å². The Bertz CT molecular complexity index is 500. The molecule has 1 aromatic rings. The van der Waals surface area contributed by atoms with Gasteiger partial charge in [0.15, 0.2) is 11.5 Å². The third kappa shape index (κ3) is 3.41. The van der Waals surface area contributed by atoms with Crippen molar-refractivity contribution in [1.82, 2.24) is 5.32 Å². The van der Waals surface area contributed by atoms with Crippen LogP contribution in [-0.4, -0.2) is 25.7 Å². The van der Waals surface area contributed by atoms with Crippen LogP contribution in [0.3, 0.4) is 0 Å². The van der Waals surface area contributed by atoms with Crippen LogP contribution in [0, 0.1) is 0 Å². The molecule has 0 aliphatic carbocycles. The summed E-state index contributed by atoms with van der Waals surface area (Å²) in [5.74, 6) is 0.874. The Labute approximate surface area is 117 Å². The number of nitrogens with one attached hydrogen (secondary N) is 1. The summed E-state index contributed by atoms with van der Waals surface area (Å²) in [7, 11) is 0. The lowest BCUT2D eigenvalue weighted by Gasteiger charge is -2.20. The van der Waals surface area contributed by atoms with Crippen LogP contribution in [0.5, 0.6) is 11.5 Å². The Kier molecular flexibility index (Phi) is 4.68. The predicted octanol–water partition coefficient (Wildman–Crippen LogP) is 2.81. The van der Waals surface area contributed by atoms with Crippen molar-refractivity contribution in [2.24, 2.45) is 0 Å². The minimum atomic E-state index is -0.164. The quantitative estimate of drug-likeness (QED) is 0.682. The highest BCUT2D eigenvalue weighted by Gasteiger charge is 2.18. The summed E-state index contributed by atoms with van der Waals surface area (Å²) < 4.78 is 10.8. The summed E-state index contributed by atoms with van der Waals surface area (Å²) in [6.45, 7) is 3.48. The number of ether oxygens (including phenoxy) is 2. The number of carbonyl (C=O) groups excluding carboxylic acids is 1. The standard InChI is InChI=1S/C14H16ClNO3/c1-2-3-4-5-16-14(17)10-8-11(15)13-12(9-10)18-6-7-19-13/h2-3,8-9H,4-7H2,1H3,(H,16,17)/b3-2+. The fraction of sp³-hybridized carbons (Fsp3) is 0.357. The SMILES string of the molecule is C/C=C/CCNC(=O)c1cc(Cl)c2c(c1)OCCO2. The fourth-order valence-corrected chi connectivity index (χ4v) is 2.04. The number of hydrogen-bond acceptors (Lipinski definition) is 3. The van der Waals surface area contributed by atoms with E-state index in [9.17, 15) is 4.79 Å². The van der Waals surface area contributed by atoms with Crippen molar-refractivity contribution in [3.05, 3.63) is 34.9 Å². The molecule has 0 atom stereocenters. The molecular weight excluding hydrogens is 266 g/mol. The first-order valence-corrected chi connectivity index (χ1v) is 6.58. The molecule has 5 heteroatoms. The Morgan fingerprint density at radius 2 is 2.21 bits per heavy atom. The van der Waals surface area contributed by atoms with Gasteiger partial charge in [-0.3, -0.25) is 4.79 Å². The molecule has 1 N–H and O–H groups in total. The molecule has 0 aromatic heterocycles. The Balaban J connectivity index is 2.07. The van der Waals surface area contributed by atoms with E-state index in [1.165, 1.54) is 0 Å². The van der Waals surface area contributed by atoms with E-state index in [-0.39, 0.29) is 5.91 Å². The molecule has 4 nitrogen and oxygen atoms in total. The van der Waals surface area contributed by atoms with Gasteiger partial charge >= 0.3 is 0 Å². The summed E-state index contributed by atoms with van der Waals surface area (Å²) in [6.07, 6.45) is 4.75. The number of benzene rings is 1. The summed E-state index contributed by atoms with van der Waals surface area (Å²) in [5.41, 5.74) is 0.481. The molecule has 102 valence electrons. The van der Waals surface area contributed by atoms with Crippen molar-refractivity contribution < 1.29 is 14.3 Å². The van der Waals surface area contributed by atoms with Crippen LogP contribution in [0.1, 0.15) is 23.7 Å². The molecule has 0 radical (unpaired) electrons. The number of allylic oxidation sites excluding steroid dienone is 1. The van der Waals surface area contributed by atoms with E-state index in [1.54, 1.807) is 12.1 Å². The molecule has 1 aromatic carbocycles. The van der Waals surface area contributed by atoms with Crippen molar-refractivity contribution in [3.8, 4) is 11.5 Å². The minimum Gasteiger partial charge on any atom is -0.486 e. The summed E-state index contributed by atoms with van der Waals surface area (Å²) in [6, 6.07) is 3.26. The molecule has 0 fully saturated rings. The fourth-order valence-electron chi connectivity index (χ4n) is 1.78. The van der Waals surface area contributed by atoms with E-state index in [0.29, 0.717) is 41.8 Å². The third-order valence-electron chi connectivity index (χ3n) is 2.69. The van der Waals surface area contributed by atoms with Crippen molar-refractivity contribution in [2.75, 3.05) is 19.8 Å². The smallest absolute Gasteiger partial charge is 0.251 e. The zero-order valence-corrected chi connectivity index (χ0v) is 11.5. The van der Waals surface area contributed by atoms with Crippen LogP contribution < -0.4 is 14.8 Å². The Morgan fingerprint density at radius 3 is 3.00 bits per heavy atom. The molecular formula is C14H16ClNO3. The van der Waals surface area contributed by atoms with E-state index >= 15 is 0 Å². The molecule has 0 spiro atoms. The maximum atomic E-state index is 12.0. The number of hydrogen-bond donors (Lipinski definition) is 1. The highest BCUT2D eigenvalue weighted by molar-refractivity contribution is 6.32. The van der Waals surface area contributed by atoms with E-state index in [1.807, 2.05) is 19.1 Å². The highest BCUT2D eigenvalue weighted by atomic mass is 35.5. The van der Waals surface area contributed by atoms with Crippen molar-refractivity contribution >= 4 is 17.5 Å². The minimum absolute atomic E-state index is 0.164. The summed E-state index contributed by atoms with van der Waals surface area (Å²) in [5, 5.41) is 3.22. The predicted molar refractivity (Wildman–Crippen MR) is 74.2 cm³/mol. The maximum absolute atomic E-state index is 12.0. The monoisotopic (exact) mass is 281 g/mol. The van der Waals surface area contributed by atoms with Crippen molar-refractivity contribution in [2.45, 2.75) is 13.3 Å². The molecule has 0 saturated carbocycles. The molecule has 0 unspecified atom stereocenters. The van der Waals surface area contributed by atoms with Gasteiger partial charge in [-0.2, -0.15) is 0 Å². The van der Waals surface area contributed by atoms with Gasteiger partial charge in [0.2, 0.25) is 0 Å². The van der Waals surface area contributed by atoms with Gasteiger partial charge in [-0.05, 0) is 25.5 Å². The third-order valence-corrected chi connectivity index (χ3v) is 2.97. The largest absolute Gasteiger partial charge is 0.486 e. The topological polar surface area (TPSA) is 47.6 Å². The molecule has 19 heavy (non-hydrogen) atoms. The van der Waals surface area contributed by atoms with Gasteiger partial charge in [-0.25, -0.2) is 0 Å². The van der Waals surface area contributed by atoms with E-state index in [4.69, 9.17) is 21.1 Å². The normalized spacial score (nSPS) is 13.6. The lowest BCUT2D eigenvalue weighted by Crippen LogP contribution is -2.24. The molecule has 0 bridgehead atoms. The van der Waals surface area contributed by atoms with Crippen LogP contribution in [0.15, 0.2) is 24.3 Å². The first-order valence-electron chi connectivity index (χ1n) is 6.21. The van der Waals surface area contributed by atoms with Crippen molar-refractivity contribution in [3.63, 3.8) is 0 Å². The van der Waals surface area contributed by atoms with Crippen molar-refractivity contribution in [1.29, 1.82) is 0 Å².